The van der Waals surface area contributed by atoms with Crippen LogP contribution < -0.4 is 9.64 Å². The second kappa shape index (κ2) is 7.06. The molecule has 0 atom stereocenters. The van der Waals surface area contributed by atoms with E-state index in [2.05, 4.69) is 0 Å². The fraction of sp³-hybridized carbons (Fsp3) is 0.263. The fourth-order valence-corrected chi connectivity index (χ4v) is 3.18. The maximum Gasteiger partial charge on any atom is 0.299 e. The number of hydrogen-bond donors (Lipinski definition) is 0. The average Bonchev–Trinajstić information content (AvgIpc) is 2.80. The molecule has 0 bridgehead atoms. The quantitative estimate of drug-likeness (QED) is 0.564. The lowest BCUT2D eigenvalue weighted by Crippen LogP contribution is -2.31. The first kappa shape index (κ1) is 17.8. The van der Waals surface area contributed by atoms with E-state index in [1.807, 2.05) is 26.0 Å². The Morgan fingerprint density at radius 1 is 1.04 bits per heavy atom. The second-order valence-electron chi connectivity index (χ2n) is 6.02. The molecule has 3 rings (SSSR count). The molecule has 1 aliphatic heterocycles. The number of hydrogen-bond acceptors (Lipinski definition) is 3. The van der Waals surface area contributed by atoms with Crippen LogP contribution in [0.25, 0.3) is 0 Å². The molecule has 6 heteroatoms. The van der Waals surface area contributed by atoms with Gasteiger partial charge in [-0.25, -0.2) is 0 Å². The number of halogens is 2. The van der Waals surface area contributed by atoms with Crippen molar-refractivity contribution in [3.63, 3.8) is 0 Å². The number of Topliss-reactive ketones (excluding diaryl/α,β-unsaturated/α-hetero) is 1. The van der Waals surface area contributed by atoms with Crippen molar-refractivity contribution in [2.45, 2.75) is 20.3 Å². The number of amides is 1. The molecule has 25 heavy (non-hydrogen) atoms. The fourth-order valence-electron chi connectivity index (χ4n) is 2.90. The summed E-state index contributed by atoms with van der Waals surface area (Å²) >= 11 is 12.0. The summed E-state index contributed by atoms with van der Waals surface area (Å²) in [5, 5.41) is 1.18. The van der Waals surface area contributed by atoms with Crippen LogP contribution in [0.15, 0.2) is 30.3 Å². The number of carbonyl (C=O) groups excluding carboxylic acids is 2. The molecule has 0 spiro atoms. The van der Waals surface area contributed by atoms with Crippen LogP contribution in [0.1, 0.15) is 27.9 Å². The Morgan fingerprint density at radius 2 is 1.72 bits per heavy atom. The van der Waals surface area contributed by atoms with E-state index in [1.165, 1.54) is 11.0 Å². The predicted molar refractivity (Wildman–Crippen MR) is 99.2 cm³/mol. The van der Waals surface area contributed by atoms with Crippen LogP contribution >= 0.6 is 23.2 Å². The molecule has 0 saturated carbocycles. The van der Waals surface area contributed by atoms with Gasteiger partial charge < -0.3 is 9.64 Å². The van der Waals surface area contributed by atoms with Crippen LogP contribution in [0.2, 0.25) is 10.0 Å². The third kappa shape index (κ3) is 3.51. The van der Waals surface area contributed by atoms with Crippen LogP contribution in [0.4, 0.5) is 5.69 Å². The van der Waals surface area contributed by atoms with Crippen molar-refractivity contribution in [1.29, 1.82) is 0 Å². The number of benzene rings is 2. The zero-order valence-corrected chi connectivity index (χ0v) is 15.4. The first-order valence-electron chi connectivity index (χ1n) is 7.94. The van der Waals surface area contributed by atoms with Gasteiger partial charge in [0.15, 0.2) is 0 Å². The Balaban J connectivity index is 1.62. The molecule has 130 valence electrons. The Hall–Kier alpha value is -2.04. The van der Waals surface area contributed by atoms with Gasteiger partial charge in [0.05, 0.1) is 17.9 Å². The smallest absolute Gasteiger partial charge is 0.299 e. The first-order valence-corrected chi connectivity index (χ1v) is 8.69. The summed E-state index contributed by atoms with van der Waals surface area (Å²) in [4.78, 5) is 25.7. The van der Waals surface area contributed by atoms with E-state index >= 15 is 0 Å². The molecule has 0 saturated heterocycles. The molecule has 0 unspecified atom stereocenters. The Labute approximate surface area is 156 Å². The molecule has 0 radical (unpaired) electrons. The maximum atomic E-state index is 12.1. The highest BCUT2D eigenvalue weighted by molar-refractivity contribution is 6.52. The van der Waals surface area contributed by atoms with Gasteiger partial charge in [-0.15, -0.1) is 0 Å². The SMILES string of the molecule is Cc1cc(OCCCN2C(=O)C(=O)c3cc(Cl)ccc32)cc(C)c1Cl. The molecule has 2 aromatic rings. The molecular formula is C19H17Cl2NO3. The summed E-state index contributed by atoms with van der Waals surface area (Å²) in [7, 11) is 0. The third-order valence-electron chi connectivity index (χ3n) is 4.14. The van der Waals surface area contributed by atoms with Crippen LogP contribution in [-0.4, -0.2) is 24.8 Å². The molecule has 1 amide bonds. The Kier molecular flexibility index (Phi) is 5.02. The van der Waals surface area contributed by atoms with Crippen LogP contribution in [0.5, 0.6) is 5.75 Å². The molecule has 4 nitrogen and oxygen atoms in total. The summed E-state index contributed by atoms with van der Waals surface area (Å²) in [6.07, 6.45) is 0.599. The van der Waals surface area contributed by atoms with Gasteiger partial charge in [0.1, 0.15) is 5.75 Å². The van der Waals surface area contributed by atoms with E-state index in [9.17, 15) is 9.59 Å². The number of anilines is 1. The lowest BCUT2D eigenvalue weighted by atomic mass is 10.1. The zero-order chi connectivity index (χ0) is 18.1. The van der Waals surface area contributed by atoms with Crippen molar-refractivity contribution in [3.8, 4) is 5.75 Å². The van der Waals surface area contributed by atoms with Crippen molar-refractivity contribution in [1.82, 2.24) is 0 Å². The van der Waals surface area contributed by atoms with Gasteiger partial charge >= 0.3 is 0 Å². The summed E-state index contributed by atoms with van der Waals surface area (Å²) in [6, 6.07) is 8.68. The van der Waals surface area contributed by atoms with E-state index in [-0.39, 0.29) is 0 Å². The van der Waals surface area contributed by atoms with E-state index in [1.54, 1.807) is 12.1 Å². The number of rotatable bonds is 5. The molecule has 0 fully saturated rings. The van der Waals surface area contributed by atoms with Crippen molar-refractivity contribution < 1.29 is 14.3 Å². The van der Waals surface area contributed by atoms with Crippen molar-refractivity contribution in [2.24, 2.45) is 0 Å². The van der Waals surface area contributed by atoms with Gasteiger partial charge in [-0.3, -0.25) is 9.59 Å². The number of ether oxygens (including phenoxy) is 1. The number of carbonyl (C=O) groups is 2. The number of nitrogens with zero attached hydrogens (tertiary/aromatic N) is 1. The van der Waals surface area contributed by atoms with Crippen LogP contribution in [-0.2, 0) is 4.79 Å². The van der Waals surface area contributed by atoms with Gasteiger partial charge in [0, 0.05) is 16.6 Å². The van der Waals surface area contributed by atoms with E-state index in [0.29, 0.717) is 35.8 Å². The van der Waals surface area contributed by atoms with Crippen LogP contribution in [0, 0.1) is 13.8 Å². The van der Waals surface area contributed by atoms with E-state index < -0.39 is 11.7 Å². The zero-order valence-electron chi connectivity index (χ0n) is 13.9. The number of fused-ring (bicyclic) bond motifs is 1. The van der Waals surface area contributed by atoms with Gasteiger partial charge in [-0.2, -0.15) is 0 Å². The second-order valence-corrected chi connectivity index (χ2v) is 6.83. The molecule has 0 N–H and O–H groups in total. The minimum absolute atomic E-state index is 0.363. The van der Waals surface area contributed by atoms with Crippen molar-refractivity contribution >= 4 is 40.6 Å². The van der Waals surface area contributed by atoms with Crippen molar-refractivity contribution in [2.75, 3.05) is 18.1 Å². The number of aryl methyl sites for hydroxylation is 2. The first-order chi connectivity index (χ1) is 11.9. The number of ketones is 1. The highest BCUT2D eigenvalue weighted by Crippen LogP contribution is 2.31. The predicted octanol–water partition coefficient (Wildman–Crippen LogP) is 4.61. The molecular weight excluding hydrogens is 361 g/mol. The molecule has 1 aliphatic rings. The van der Waals surface area contributed by atoms with Crippen LogP contribution in [0.3, 0.4) is 0 Å². The lowest BCUT2D eigenvalue weighted by molar-refractivity contribution is -0.114. The Bertz CT molecular complexity index is 841. The van der Waals surface area contributed by atoms with Gasteiger partial charge in [0.2, 0.25) is 0 Å². The van der Waals surface area contributed by atoms with E-state index in [0.717, 1.165) is 21.9 Å². The summed E-state index contributed by atoms with van der Waals surface area (Å²) in [5.74, 6) is -0.284. The minimum Gasteiger partial charge on any atom is -0.494 e. The van der Waals surface area contributed by atoms with Gasteiger partial charge in [0.25, 0.3) is 11.7 Å². The lowest BCUT2D eigenvalue weighted by Gasteiger charge is -2.17. The molecule has 1 heterocycles. The summed E-state index contributed by atoms with van der Waals surface area (Å²) < 4.78 is 5.75. The summed E-state index contributed by atoms with van der Waals surface area (Å²) in [5.41, 5.74) is 2.89. The highest BCUT2D eigenvalue weighted by Gasteiger charge is 2.35. The third-order valence-corrected chi connectivity index (χ3v) is 4.97. The van der Waals surface area contributed by atoms with Gasteiger partial charge in [-0.05, 0) is 61.7 Å². The topological polar surface area (TPSA) is 46.6 Å². The van der Waals surface area contributed by atoms with Gasteiger partial charge in [-0.1, -0.05) is 23.2 Å². The molecule has 0 aliphatic carbocycles. The standard InChI is InChI=1S/C19H17Cl2NO3/c1-11-8-14(9-12(2)17(11)21)25-7-3-6-22-16-5-4-13(20)10-15(16)18(23)19(22)24/h4-5,8-10H,3,6-7H2,1-2H3. The molecule has 0 aromatic heterocycles. The maximum absolute atomic E-state index is 12.1. The van der Waals surface area contributed by atoms with E-state index in [4.69, 9.17) is 27.9 Å². The minimum atomic E-state index is -0.518. The monoisotopic (exact) mass is 377 g/mol. The average molecular weight is 378 g/mol. The Morgan fingerprint density at radius 3 is 2.40 bits per heavy atom. The molecule has 2 aromatic carbocycles. The normalized spacial score (nSPS) is 13.4. The highest BCUT2D eigenvalue weighted by atomic mass is 35.5. The largest absolute Gasteiger partial charge is 0.494 e. The van der Waals surface area contributed by atoms with Crippen molar-refractivity contribution in [3.05, 3.63) is 57.1 Å². The summed E-state index contributed by atoms with van der Waals surface area (Å²) in [6.45, 7) is 4.70.